The minimum absolute atomic E-state index is 0.0138. The van der Waals surface area contributed by atoms with Crippen LogP contribution in [0.4, 0.5) is 14.5 Å². The van der Waals surface area contributed by atoms with Crippen LogP contribution in [0.3, 0.4) is 0 Å². The molecule has 3 heterocycles. The van der Waals surface area contributed by atoms with Gasteiger partial charge in [-0.2, -0.15) is 5.26 Å². The Morgan fingerprint density at radius 3 is 2.64 bits per heavy atom. The van der Waals surface area contributed by atoms with E-state index in [1.165, 1.54) is 12.3 Å². The Kier molecular flexibility index (Phi) is 9.84. The van der Waals surface area contributed by atoms with Crippen LogP contribution in [0, 0.1) is 11.3 Å². The summed E-state index contributed by atoms with van der Waals surface area (Å²) in [6.45, 7) is 3.01. The fourth-order valence-electron chi connectivity index (χ4n) is 5.24. The topological polar surface area (TPSA) is 142 Å². The van der Waals surface area contributed by atoms with Gasteiger partial charge in [0.25, 0.3) is 11.8 Å². The first-order valence-electron chi connectivity index (χ1n) is 13.7. The van der Waals surface area contributed by atoms with Gasteiger partial charge in [0.05, 0.1) is 36.8 Å². The number of aromatic nitrogens is 1. The molecule has 42 heavy (non-hydrogen) atoms. The number of piperazine rings is 1. The van der Waals surface area contributed by atoms with Crippen LogP contribution in [0.5, 0.6) is 0 Å². The molecule has 12 nitrogen and oxygen atoms in total. The summed E-state index contributed by atoms with van der Waals surface area (Å²) >= 11 is 0. The summed E-state index contributed by atoms with van der Waals surface area (Å²) < 4.78 is 27.4. The number of alkyl halides is 2. The normalized spacial score (nSPS) is 18.4. The summed E-state index contributed by atoms with van der Waals surface area (Å²) in [6, 6.07) is 7.60. The number of pyridine rings is 1. The SMILES string of the molecule is CN(CCCN1CCN(C(=O)CNC=O)CC1)c1ccc2nccc(C(=O)NCC(=O)N3CC(F)(F)CC3C#N)c2c1. The Hall–Kier alpha value is -4.38. The lowest BCUT2D eigenvalue weighted by atomic mass is 10.1. The van der Waals surface area contributed by atoms with E-state index < -0.39 is 43.3 Å². The fourth-order valence-corrected chi connectivity index (χ4v) is 5.24. The van der Waals surface area contributed by atoms with Crippen molar-refractivity contribution in [3.63, 3.8) is 0 Å². The molecule has 1 unspecified atom stereocenters. The summed E-state index contributed by atoms with van der Waals surface area (Å²) in [7, 11) is 1.95. The summed E-state index contributed by atoms with van der Waals surface area (Å²) in [5.74, 6) is -4.51. The third-order valence-corrected chi connectivity index (χ3v) is 7.58. The smallest absolute Gasteiger partial charge is 0.268 e. The van der Waals surface area contributed by atoms with Crippen molar-refractivity contribution in [2.45, 2.75) is 24.8 Å². The molecule has 224 valence electrons. The summed E-state index contributed by atoms with van der Waals surface area (Å²) in [5.41, 5.74) is 1.75. The molecule has 0 radical (unpaired) electrons. The first kappa shape index (κ1) is 30.6. The largest absolute Gasteiger partial charge is 0.375 e. The van der Waals surface area contributed by atoms with E-state index in [1.807, 2.05) is 25.2 Å². The van der Waals surface area contributed by atoms with Gasteiger partial charge in [0.1, 0.15) is 6.04 Å². The monoisotopic (exact) mass is 584 g/mol. The molecule has 2 aliphatic rings. The number of carbonyl (C=O) groups excluding carboxylic acids is 4. The molecule has 4 amide bonds. The van der Waals surface area contributed by atoms with Crippen LogP contribution in [-0.2, 0) is 14.4 Å². The van der Waals surface area contributed by atoms with Crippen molar-refractivity contribution >= 4 is 40.7 Å². The molecule has 2 fully saturated rings. The molecular formula is C28H34F2N8O4. The highest BCUT2D eigenvalue weighted by Crippen LogP contribution is 2.31. The fraction of sp³-hybridized carbons (Fsp3) is 0.500. The van der Waals surface area contributed by atoms with Crippen LogP contribution >= 0.6 is 0 Å². The molecule has 0 bridgehead atoms. The molecule has 0 spiro atoms. The van der Waals surface area contributed by atoms with Gasteiger partial charge in [-0.3, -0.25) is 29.1 Å². The zero-order chi connectivity index (χ0) is 30.3. The van der Waals surface area contributed by atoms with Crippen molar-refractivity contribution < 1.29 is 28.0 Å². The minimum Gasteiger partial charge on any atom is -0.375 e. The summed E-state index contributed by atoms with van der Waals surface area (Å²) in [5, 5.41) is 14.6. The highest BCUT2D eigenvalue weighted by atomic mass is 19.3. The lowest BCUT2D eigenvalue weighted by Gasteiger charge is -2.35. The van der Waals surface area contributed by atoms with Crippen LogP contribution in [-0.4, -0.2) is 122 Å². The zero-order valence-electron chi connectivity index (χ0n) is 23.4. The first-order chi connectivity index (χ1) is 20.1. The van der Waals surface area contributed by atoms with Crippen LogP contribution in [0.2, 0.25) is 0 Å². The van der Waals surface area contributed by atoms with Crippen LogP contribution in [0.25, 0.3) is 10.9 Å². The number of halogens is 2. The molecule has 2 aromatic rings. The van der Waals surface area contributed by atoms with Crippen LogP contribution in [0.15, 0.2) is 30.5 Å². The lowest BCUT2D eigenvalue weighted by Crippen LogP contribution is -2.51. The van der Waals surface area contributed by atoms with Crippen molar-refractivity contribution in [1.29, 1.82) is 5.26 Å². The lowest BCUT2D eigenvalue weighted by molar-refractivity contribution is -0.133. The maximum absolute atomic E-state index is 13.7. The number of nitriles is 1. The number of rotatable bonds is 11. The Balaban J connectivity index is 1.31. The van der Waals surface area contributed by atoms with E-state index >= 15 is 0 Å². The van der Waals surface area contributed by atoms with Gasteiger partial charge >= 0.3 is 0 Å². The number of benzene rings is 1. The molecule has 2 N–H and O–H groups in total. The molecule has 1 aromatic heterocycles. The van der Waals surface area contributed by atoms with E-state index in [0.29, 0.717) is 36.0 Å². The van der Waals surface area contributed by atoms with E-state index in [0.717, 1.165) is 43.2 Å². The zero-order valence-corrected chi connectivity index (χ0v) is 23.4. The van der Waals surface area contributed by atoms with Crippen molar-refractivity contribution in [3.05, 3.63) is 36.0 Å². The Labute approximate surface area is 242 Å². The molecule has 2 saturated heterocycles. The number of hydrogen-bond acceptors (Lipinski definition) is 8. The molecular weight excluding hydrogens is 550 g/mol. The van der Waals surface area contributed by atoms with Gasteiger partial charge in [0.2, 0.25) is 18.2 Å². The van der Waals surface area contributed by atoms with Crippen LogP contribution < -0.4 is 15.5 Å². The van der Waals surface area contributed by atoms with E-state index in [4.69, 9.17) is 5.26 Å². The Morgan fingerprint density at radius 2 is 1.93 bits per heavy atom. The number of carbonyl (C=O) groups is 4. The summed E-state index contributed by atoms with van der Waals surface area (Å²) in [4.78, 5) is 59.2. The van der Waals surface area contributed by atoms with Gasteiger partial charge in [0.15, 0.2) is 0 Å². The molecule has 14 heteroatoms. The highest BCUT2D eigenvalue weighted by molar-refractivity contribution is 6.07. The van der Waals surface area contributed by atoms with Crippen molar-refractivity contribution in [2.75, 3.05) is 70.9 Å². The third kappa shape index (κ3) is 7.47. The molecule has 1 aromatic carbocycles. The predicted octanol–water partition coefficient (Wildman–Crippen LogP) is 0.441. The van der Waals surface area contributed by atoms with Gasteiger partial charge in [-0.15, -0.1) is 0 Å². The molecule has 0 aliphatic carbocycles. The predicted molar refractivity (Wildman–Crippen MR) is 150 cm³/mol. The second-order valence-corrected chi connectivity index (χ2v) is 10.5. The molecule has 0 saturated carbocycles. The van der Waals surface area contributed by atoms with Crippen molar-refractivity contribution in [2.24, 2.45) is 0 Å². The Bertz CT molecular complexity index is 1360. The van der Waals surface area contributed by atoms with Gasteiger partial charge in [-0.05, 0) is 37.2 Å². The number of nitrogens with zero attached hydrogens (tertiary/aromatic N) is 6. The average molecular weight is 585 g/mol. The maximum Gasteiger partial charge on any atom is 0.268 e. The number of likely N-dealkylation sites (tertiary alicyclic amines) is 1. The number of fused-ring (bicyclic) bond motifs is 1. The van der Waals surface area contributed by atoms with Gasteiger partial charge in [-0.25, -0.2) is 8.78 Å². The third-order valence-electron chi connectivity index (χ3n) is 7.58. The maximum atomic E-state index is 13.7. The summed E-state index contributed by atoms with van der Waals surface area (Å²) in [6.07, 6.45) is 2.16. The van der Waals surface area contributed by atoms with Crippen molar-refractivity contribution in [1.82, 2.24) is 30.3 Å². The standard InChI is InChI=1S/C28H34F2N8O4/c1-35(7-2-8-36-9-11-37(12-10-36)25(40)16-32-19-39)20-3-4-24-23(13-20)22(5-6-33-24)27(42)34-17-26(41)38-18-28(29,30)14-21(38)15-31/h3-6,13,19,21H,2,7-12,14,16-18H2,1H3,(H,32,39)(H,34,42). The number of amides is 4. The molecule has 1 atom stereocenters. The number of nitrogens with one attached hydrogen (secondary N) is 2. The van der Waals surface area contributed by atoms with Gasteiger partial charge in [0, 0.05) is 63.5 Å². The highest BCUT2D eigenvalue weighted by Gasteiger charge is 2.47. The quantitative estimate of drug-likeness (QED) is 0.363. The Morgan fingerprint density at radius 1 is 1.17 bits per heavy atom. The molecule has 2 aliphatic heterocycles. The number of hydrogen-bond donors (Lipinski definition) is 2. The number of anilines is 1. The van der Waals surface area contributed by atoms with E-state index in [9.17, 15) is 28.0 Å². The van der Waals surface area contributed by atoms with Crippen LogP contribution in [0.1, 0.15) is 23.2 Å². The van der Waals surface area contributed by atoms with E-state index in [2.05, 4.69) is 25.4 Å². The van der Waals surface area contributed by atoms with Crippen molar-refractivity contribution in [3.8, 4) is 6.07 Å². The minimum atomic E-state index is -3.13. The van der Waals surface area contributed by atoms with Gasteiger partial charge in [-0.1, -0.05) is 0 Å². The second-order valence-electron chi connectivity index (χ2n) is 10.5. The second kappa shape index (κ2) is 13.5. The average Bonchev–Trinajstić information content (AvgIpc) is 3.32. The van der Waals surface area contributed by atoms with E-state index in [-0.39, 0.29) is 12.5 Å². The van der Waals surface area contributed by atoms with E-state index in [1.54, 1.807) is 11.0 Å². The first-order valence-corrected chi connectivity index (χ1v) is 13.7. The molecule has 4 rings (SSSR count). The van der Waals surface area contributed by atoms with Gasteiger partial charge < -0.3 is 25.3 Å².